The van der Waals surface area contributed by atoms with Gasteiger partial charge < -0.3 is 18.9 Å². The summed E-state index contributed by atoms with van der Waals surface area (Å²) in [7, 11) is 1.39. The molecule has 0 heterocycles. The van der Waals surface area contributed by atoms with E-state index in [4.69, 9.17) is 14.2 Å². The number of methoxy groups -OCH3 is 1. The summed E-state index contributed by atoms with van der Waals surface area (Å²) in [6.07, 6.45) is 2.98. The van der Waals surface area contributed by atoms with E-state index >= 15 is 0 Å². The number of aryl methyl sites for hydroxylation is 1. The molecule has 0 amide bonds. The van der Waals surface area contributed by atoms with Crippen LogP contribution in [0.1, 0.15) is 30.9 Å². The molecule has 0 bridgehead atoms. The highest BCUT2D eigenvalue weighted by molar-refractivity contribution is 5.72. The quantitative estimate of drug-likeness (QED) is 0.259. The van der Waals surface area contributed by atoms with Crippen LogP contribution in [0.4, 0.5) is 0 Å². The average Bonchev–Trinajstić information content (AvgIpc) is 2.82. The third-order valence-corrected chi connectivity index (χ3v) is 4.84. The number of carbonyl (C=O) groups excluding carboxylic acids is 1. The van der Waals surface area contributed by atoms with Crippen LogP contribution in [-0.2, 0) is 22.4 Å². The van der Waals surface area contributed by atoms with E-state index in [1.165, 1.54) is 7.11 Å². The molecule has 0 saturated carbocycles. The molecule has 3 aromatic rings. The second-order valence-corrected chi connectivity index (χ2v) is 7.38. The van der Waals surface area contributed by atoms with Gasteiger partial charge in [0.15, 0.2) is 0 Å². The Morgan fingerprint density at radius 2 is 1.53 bits per heavy atom. The lowest BCUT2D eigenvalue weighted by atomic mass is 10.1. The van der Waals surface area contributed by atoms with Crippen molar-refractivity contribution in [3.63, 3.8) is 0 Å². The van der Waals surface area contributed by atoms with Crippen molar-refractivity contribution < 1.29 is 23.7 Å². The number of ether oxygens (including phenoxy) is 4. The number of benzene rings is 3. The molecule has 0 fully saturated rings. The number of rotatable bonds is 12. The molecule has 0 unspecified atom stereocenters. The monoisotopic (exact) mass is 434 g/mol. The fourth-order valence-electron chi connectivity index (χ4n) is 3.22. The topological polar surface area (TPSA) is 54.0 Å². The summed E-state index contributed by atoms with van der Waals surface area (Å²) in [4.78, 5) is 11.3. The van der Waals surface area contributed by atoms with Crippen LogP contribution in [0.3, 0.4) is 0 Å². The van der Waals surface area contributed by atoms with E-state index in [0.717, 1.165) is 53.4 Å². The second kappa shape index (κ2) is 12.4. The molecule has 0 atom stereocenters. The van der Waals surface area contributed by atoms with Gasteiger partial charge in [0.25, 0.3) is 0 Å². The van der Waals surface area contributed by atoms with Gasteiger partial charge in [-0.1, -0.05) is 43.7 Å². The van der Waals surface area contributed by atoms with Gasteiger partial charge in [0.1, 0.15) is 23.0 Å². The Morgan fingerprint density at radius 1 is 0.812 bits per heavy atom. The first-order valence-corrected chi connectivity index (χ1v) is 10.9. The van der Waals surface area contributed by atoms with Crippen molar-refractivity contribution in [3.8, 4) is 23.0 Å². The first-order chi connectivity index (χ1) is 15.7. The van der Waals surface area contributed by atoms with E-state index in [2.05, 4.69) is 17.7 Å². The summed E-state index contributed by atoms with van der Waals surface area (Å²) < 4.78 is 22.4. The van der Waals surface area contributed by atoms with Crippen LogP contribution < -0.4 is 14.2 Å². The molecule has 0 N–H and O–H groups in total. The van der Waals surface area contributed by atoms with Crippen molar-refractivity contribution in [1.29, 1.82) is 0 Å². The van der Waals surface area contributed by atoms with Gasteiger partial charge in [-0.15, -0.1) is 0 Å². The average molecular weight is 435 g/mol. The maximum Gasteiger partial charge on any atom is 0.309 e. The van der Waals surface area contributed by atoms with Crippen LogP contribution in [0.2, 0.25) is 0 Å². The van der Waals surface area contributed by atoms with Crippen molar-refractivity contribution in [1.82, 2.24) is 0 Å². The molecule has 0 spiro atoms. The molecule has 5 nitrogen and oxygen atoms in total. The van der Waals surface area contributed by atoms with Crippen molar-refractivity contribution in [2.75, 3.05) is 20.3 Å². The highest BCUT2D eigenvalue weighted by Gasteiger charge is 2.07. The SMILES string of the molecule is CCCc1cc(Oc2ccccc2)ccc1OCCCOc1ccc(CC(=O)OC)cc1. The number of hydrogen-bond donors (Lipinski definition) is 0. The molecule has 3 aromatic carbocycles. The summed E-state index contributed by atoms with van der Waals surface area (Å²) in [5.41, 5.74) is 2.04. The maximum absolute atomic E-state index is 11.3. The van der Waals surface area contributed by atoms with Crippen LogP contribution in [0.25, 0.3) is 0 Å². The van der Waals surface area contributed by atoms with E-state index in [9.17, 15) is 4.79 Å². The number of carbonyl (C=O) groups is 1. The molecule has 5 heteroatoms. The zero-order valence-corrected chi connectivity index (χ0v) is 18.7. The fourth-order valence-corrected chi connectivity index (χ4v) is 3.22. The summed E-state index contributed by atoms with van der Waals surface area (Å²) in [6, 6.07) is 23.2. The minimum Gasteiger partial charge on any atom is -0.493 e. The normalized spacial score (nSPS) is 10.4. The lowest BCUT2D eigenvalue weighted by Crippen LogP contribution is -2.07. The Kier molecular flexibility index (Phi) is 8.99. The first kappa shape index (κ1) is 23.2. The summed E-state index contributed by atoms with van der Waals surface area (Å²) in [5.74, 6) is 3.04. The predicted molar refractivity (Wildman–Crippen MR) is 125 cm³/mol. The summed E-state index contributed by atoms with van der Waals surface area (Å²) in [5, 5.41) is 0. The molecule has 0 aliphatic rings. The Balaban J connectivity index is 1.46. The highest BCUT2D eigenvalue weighted by Crippen LogP contribution is 2.29. The van der Waals surface area contributed by atoms with Gasteiger partial charge in [0.05, 0.1) is 26.7 Å². The van der Waals surface area contributed by atoms with E-state index in [1.54, 1.807) is 0 Å². The van der Waals surface area contributed by atoms with Crippen LogP contribution in [0.5, 0.6) is 23.0 Å². The lowest BCUT2D eigenvalue weighted by Gasteiger charge is -2.14. The molecule has 32 heavy (non-hydrogen) atoms. The van der Waals surface area contributed by atoms with Crippen molar-refractivity contribution in [2.45, 2.75) is 32.6 Å². The Labute approximate surface area is 189 Å². The Bertz CT molecular complexity index is 967. The summed E-state index contributed by atoms with van der Waals surface area (Å²) in [6.45, 7) is 3.27. The summed E-state index contributed by atoms with van der Waals surface area (Å²) >= 11 is 0. The molecule has 0 aromatic heterocycles. The van der Waals surface area contributed by atoms with Gasteiger partial charge in [0.2, 0.25) is 0 Å². The second-order valence-electron chi connectivity index (χ2n) is 7.38. The van der Waals surface area contributed by atoms with Gasteiger partial charge in [0, 0.05) is 6.42 Å². The lowest BCUT2D eigenvalue weighted by molar-refractivity contribution is -0.139. The van der Waals surface area contributed by atoms with Crippen molar-refractivity contribution in [3.05, 3.63) is 83.9 Å². The van der Waals surface area contributed by atoms with Crippen LogP contribution in [0, 0.1) is 0 Å². The minimum atomic E-state index is -0.252. The van der Waals surface area contributed by atoms with Crippen molar-refractivity contribution in [2.24, 2.45) is 0 Å². The van der Waals surface area contributed by atoms with E-state index < -0.39 is 0 Å². The maximum atomic E-state index is 11.3. The van der Waals surface area contributed by atoms with E-state index in [-0.39, 0.29) is 12.4 Å². The first-order valence-electron chi connectivity index (χ1n) is 10.9. The molecule has 0 aliphatic heterocycles. The van der Waals surface area contributed by atoms with Crippen LogP contribution >= 0.6 is 0 Å². The van der Waals surface area contributed by atoms with Gasteiger partial charge in [-0.25, -0.2) is 0 Å². The van der Waals surface area contributed by atoms with Crippen LogP contribution in [0.15, 0.2) is 72.8 Å². The van der Waals surface area contributed by atoms with E-state index in [1.807, 2.05) is 66.7 Å². The third kappa shape index (κ3) is 7.34. The molecule has 0 saturated heterocycles. The van der Waals surface area contributed by atoms with Crippen LogP contribution in [-0.4, -0.2) is 26.3 Å². The highest BCUT2D eigenvalue weighted by atomic mass is 16.5. The Hall–Kier alpha value is -3.47. The van der Waals surface area contributed by atoms with Gasteiger partial charge in [-0.05, 0) is 60.0 Å². The zero-order chi connectivity index (χ0) is 22.6. The van der Waals surface area contributed by atoms with E-state index in [0.29, 0.717) is 13.2 Å². The molecule has 0 aliphatic carbocycles. The van der Waals surface area contributed by atoms with Crippen molar-refractivity contribution >= 4 is 5.97 Å². The predicted octanol–water partition coefficient (Wildman–Crippen LogP) is 5.99. The van der Waals surface area contributed by atoms with Gasteiger partial charge in [-0.2, -0.15) is 0 Å². The number of para-hydroxylation sites is 1. The standard InChI is InChI=1S/C27H30O5/c1-3-8-22-20-25(32-24-9-5-4-6-10-24)15-16-26(22)31-18-7-17-30-23-13-11-21(12-14-23)19-27(28)29-2/h4-6,9-16,20H,3,7-8,17-19H2,1-2H3. The number of esters is 1. The Morgan fingerprint density at radius 3 is 2.25 bits per heavy atom. The largest absolute Gasteiger partial charge is 0.493 e. The fraction of sp³-hybridized carbons (Fsp3) is 0.296. The molecular weight excluding hydrogens is 404 g/mol. The molecule has 168 valence electrons. The third-order valence-electron chi connectivity index (χ3n) is 4.84. The molecule has 3 rings (SSSR count). The molecule has 0 radical (unpaired) electrons. The van der Waals surface area contributed by atoms with Gasteiger partial charge >= 0.3 is 5.97 Å². The number of hydrogen-bond acceptors (Lipinski definition) is 5. The minimum absolute atomic E-state index is 0.252. The zero-order valence-electron chi connectivity index (χ0n) is 18.7. The molecular formula is C27H30O5. The van der Waals surface area contributed by atoms with Gasteiger partial charge in [-0.3, -0.25) is 4.79 Å². The smallest absolute Gasteiger partial charge is 0.309 e.